The highest BCUT2D eigenvalue weighted by Gasteiger charge is 2.42. The fraction of sp³-hybridized carbons (Fsp3) is 0.571. The van der Waals surface area contributed by atoms with E-state index in [-0.39, 0.29) is 29.5 Å². The molecule has 3 atom stereocenters. The Bertz CT molecular complexity index is 1080. The van der Waals surface area contributed by atoms with Gasteiger partial charge in [0.25, 0.3) is 0 Å². The molecule has 0 aliphatic rings. The van der Waals surface area contributed by atoms with Gasteiger partial charge in [-0.3, -0.25) is 9.59 Å². The van der Waals surface area contributed by atoms with Crippen molar-refractivity contribution in [2.45, 2.75) is 72.0 Å². The number of methoxy groups -OCH3 is 1. The number of aromatic nitrogens is 1. The van der Waals surface area contributed by atoms with Crippen molar-refractivity contribution in [3.63, 3.8) is 0 Å². The molecule has 2 N–H and O–H groups in total. The molecule has 0 aliphatic carbocycles. The number of benzene rings is 1. The van der Waals surface area contributed by atoms with Crippen molar-refractivity contribution < 1.29 is 19.1 Å². The van der Waals surface area contributed by atoms with Crippen LogP contribution in [0.15, 0.2) is 35.7 Å². The minimum absolute atomic E-state index is 0.0176. The molecule has 1 aromatic heterocycles. The molecule has 0 aliphatic heterocycles. The Hall–Kier alpha value is -2.78. The molecule has 1 unspecified atom stereocenters. The van der Waals surface area contributed by atoms with Gasteiger partial charge in [0.2, 0.25) is 11.8 Å². The summed E-state index contributed by atoms with van der Waals surface area (Å²) in [6.07, 6.45) is 0. The number of nitrogens with one attached hydrogen (secondary N) is 2. The van der Waals surface area contributed by atoms with E-state index in [0.29, 0.717) is 5.01 Å². The van der Waals surface area contributed by atoms with Crippen LogP contribution in [0.3, 0.4) is 0 Å². The van der Waals surface area contributed by atoms with Crippen molar-refractivity contribution in [1.82, 2.24) is 20.5 Å². The van der Waals surface area contributed by atoms with Crippen LogP contribution < -0.4 is 10.6 Å². The van der Waals surface area contributed by atoms with Crippen molar-refractivity contribution in [2.75, 3.05) is 21.2 Å². The first-order valence-electron chi connectivity index (χ1n) is 12.5. The lowest BCUT2D eigenvalue weighted by molar-refractivity contribution is -0.141. The molecule has 1 aromatic carbocycles. The van der Waals surface area contributed by atoms with Gasteiger partial charge in [0.05, 0.1) is 19.2 Å². The Labute approximate surface area is 225 Å². The Kier molecular flexibility index (Phi) is 10.0. The summed E-state index contributed by atoms with van der Waals surface area (Å²) in [6.45, 7) is 13.8. The number of rotatable bonds is 10. The summed E-state index contributed by atoms with van der Waals surface area (Å²) in [5.41, 5.74) is 0.154. The zero-order chi connectivity index (χ0) is 28.1. The first-order chi connectivity index (χ1) is 17.2. The third kappa shape index (κ3) is 6.96. The number of thiazole rings is 1. The zero-order valence-corrected chi connectivity index (χ0v) is 24.5. The van der Waals surface area contributed by atoms with Crippen LogP contribution in [0, 0.1) is 11.3 Å². The lowest BCUT2D eigenvalue weighted by Gasteiger charge is -2.40. The second-order valence-electron chi connectivity index (χ2n) is 11.3. The number of esters is 1. The van der Waals surface area contributed by atoms with Crippen LogP contribution in [0.25, 0.3) is 0 Å². The Morgan fingerprint density at radius 3 is 2.11 bits per heavy atom. The number of carbonyl (C=O) groups excluding carboxylic acids is 3. The maximum absolute atomic E-state index is 13.9. The van der Waals surface area contributed by atoms with E-state index in [2.05, 4.69) is 15.6 Å². The van der Waals surface area contributed by atoms with Gasteiger partial charge >= 0.3 is 5.97 Å². The highest BCUT2D eigenvalue weighted by molar-refractivity contribution is 7.09. The second-order valence-corrected chi connectivity index (χ2v) is 12.2. The number of nitrogens with zero attached hydrogens (tertiary/aromatic N) is 2. The Morgan fingerprint density at radius 1 is 1.03 bits per heavy atom. The van der Waals surface area contributed by atoms with Crippen LogP contribution in [-0.2, 0) is 19.7 Å². The number of likely N-dealkylation sites (N-methyl/N-ethyl adjacent to an activating group) is 2. The van der Waals surface area contributed by atoms with E-state index in [1.807, 2.05) is 78.8 Å². The minimum Gasteiger partial charge on any atom is -0.464 e. The third-order valence-electron chi connectivity index (χ3n) is 6.76. The molecule has 37 heavy (non-hydrogen) atoms. The Morgan fingerprint density at radius 2 is 1.62 bits per heavy atom. The number of amides is 2. The van der Waals surface area contributed by atoms with Gasteiger partial charge in [0.15, 0.2) is 5.69 Å². The van der Waals surface area contributed by atoms with Crippen LogP contribution in [0.5, 0.6) is 0 Å². The molecule has 2 amide bonds. The highest BCUT2D eigenvalue weighted by Crippen LogP contribution is 2.33. The molecule has 0 spiro atoms. The number of carbonyl (C=O) groups is 3. The number of ether oxygens (including phenoxy) is 1. The third-order valence-corrected chi connectivity index (χ3v) is 7.67. The standard InChI is InChI=1S/C28H42N4O4S/c1-17(2)20(24-30-19(16-37-24)26(35)36-10)32(9)25(34)22(27(3,4)5)31-23(33)21(29-8)28(6,7)18-14-12-11-13-15-18/h11-17,20-22,29H,1-10H3,(H,31,33)/t20-,21+,22?/m0/s1. The van der Waals surface area contributed by atoms with E-state index in [0.717, 1.165) is 5.56 Å². The monoisotopic (exact) mass is 530 g/mol. The summed E-state index contributed by atoms with van der Waals surface area (Å²) in [7, 11) is 4.79. The van der Waals surface area contributed by atoms with Crippen molar-refractivity contribution in [3.05, 3.63) is 52.0 Å². The Balaban J connectivity index is 2.36. The van der Waals surface area contributed by atoms with Crippen LogP contribution in [-0.4, -0.2) is 61.0 Å². The average molecular weight is 531 g/mol. The maximum atomic E-state index is 13.9. The molecule has 0 fully saturated rings. The minimum atomic E-state index is -0.784. The van der Waals surface area contributed by atoms with Crippen LogP contribution in [0.1, 0.15) is 75.6 Å². The predicted octanol–water partition coefficient (Wildman–Crippen LogP) is 4.18. The van der Waals surface area contributed by atoms with E-state index < -0.39 is 28.9 Å². The van der Waals surface area contributed by atoms with Gasteiger partial charge in [-0.15, -0.1) is 11.3 Å². The van der Waals surface area contributed by atoms with E-state index in [9.17, 15) is 14.4 Å². The van der Waals surface area contributed by atoms with Gasteiger partial charge in [-0.05, 0) is 23.9 Å². The molecule has 0 bridgehead atoms. The average Bonchev–Trinajstić information content (AvgIpc) is 3.31. The summed E-state index contributed by atoms with van der Waals surface area (Å²) >= 11 is 1.31. The molecule has 1 heterocycles. The van der Waals surface area contributed by atoms with Crippen molar-refractivity contribution in [3.8, 4) is 0 Å². The largest absolute Gasteiger partial charge is 0.464 e. The van der Waals surface area contributed by atoms with Gasteiger partial charge in [-0.2, -0.15) is 0 Å². The fourth-order valence-corrected chi connectivity index (χ4v) is 5.69. The lowest BCUT2D eigenvalue weighted by atomic mass is 9.76. The highest BCUT2D eigenvalue weighted by atomic mass is 32.1. The molecule has 0 radical (unpaired) electrons. The van der Waals surface area contributed by atoms with E-state index in [1.165, 1.54) is 18.4 Å². The number of hydrogen-bond donors (Lipinski definition) is 2. The summed E-state index contributed by atoms with van der Waals surface area (Å²) in [4.78, 5) is 45.6. The van der Waals surface area contributed by atoms with Gasteiger partial charge < -0.3 is 20.3 Å². The van der Waals surface area contributed by atoms with Crippen LogP contribution in [0.4, 0.5) is 0 Å². The predicted molar refractivity (Wildman–Crippen MR) is 148 cm³/mol. The van der Waals surface area contributed by atoms with Crippen molar-refractivity contribution in [1.29, 1.82) is 0 Å². The van der Waals surface area contributed by atoms with Gasteiger partial charge in [-0.1, -0.05) is 78.8 Å². The molecule has 2 rings (SSSR count). The summed E-state index contributed by atoms with van der Waals surface area (Å²) in [6, 6.07) is 8.12. The second kappa shape index (κ2) is 12.2. The SMILES string of the molecule is CN[C@H](C(=O)NC(C(=O)N(C)[C@H](c1nc(C(=O)OC)cs1)C(C)C)C(C)(C)C)C(C)(C)c1ccccc1. The quantitative estimate of drug-likeness (QED) is 0.447. The van der Waals surface area contributed by atoms with E-state index in [4.69, 9.17) is 4.74 Å². The molecule has 8 nitrogen and oxygen atoms in total. The maximum Gasteiger partial charge on any atom is 0.357 e. The van der Waals surface area contributed by atoms with Crippen LogP contribution >= 0.6 is 11.3 Å². The van der Waals surface area contributed by atoms with Crippen molar-refractivity contribution >= 4 is 29.1 Å². The van der Waals surface area contributed by atoms with E-state index >= 15 is 0 Å². The first-order valence-corrected chi connectivity index (χ1v) is 13.4. The molecule has 0 saturated carbocycles. The first kappa shape index (κ1) is 30.4. The van der Waals surface area contributed by atoms with Crippen molar-refractivity contribution in [2.24, 2.45) is 11.3 Å². The summed E-state index contributed by atoms with van der Waals surface area (Å²) in [5.74, 6) is -0.968. The smallest absolute Gasteiger partial charge is 0.357 e. The topological polar surface area (TPSA) is 101 Å². The zero-order valence-electron chi connectivity index (χ0n) is 23.7. The van der Waals surface area contributed by atoms with Crippen LogP contribution in [0.2, 0.25) is 0 Å². The molecular formula is C28H42N4O4S. The number of hydrogen-bond acceptors (Lipinski definition) is 7. The lowest BCUT2D eigenvalue weighted by Crippen LogP contribution is -2.61. The van der Waals surface area contributed by atoms with Gasteiger partial charge in [-0.25, -0.2) is 9.78 Å². The fourth-order valence-electron chi connectivity index (χ4n) is 4.59. The molecule has 0 saturated heterocycles. The molecule has 204 valence electrons. The normalized spacial score (nSPS) is 14.6. The summed E-state index contributed by atoms with van der Waals surface area (Å²) in [5, 5.41) is 8.50. The summed E-state index contributed by atoms with van der Waals surface area (Å²) < 4.78 is 4.79. The van der Waals surface area contributed by atoms with Gasteiger partial charge in [0, 0.05) is 17.8 Å². The van der Waals surface area contributed by atoms with Gasteiger partial charge in [0.1, 0.15) is 11.0 Å². The molecule has 2 aromatic rings. The molecule has 9 heteroatoms. The molecular weight excluding hydrogens is 488 g/mol. The van der Waals surface area contributed by atoms with E-state index in [1.54, 1.807) is 24.4 Å².